The van der Waals surface area contributed by atoms with E-state index in [1.165, 1.54) is 12.1 Å². The van der Waals surface area contributed by atoms with E-state index in [4.69, 9.17) is 4.74 Å². The molecule has 0 unspecified atom stereocenters. The van der Waals surface area contributed by atoms with Crippen LogP contribution in [0.25, 0.3) is 11.4 Å². The van der Waals surface area contributed by atoms with Crippen molar-refractivity contribution in [2.75, 3.05) is 18.5 Å². The molecule has 3 rings (SSSR count). The number of nitrogens with zero attached hydrogens (tertiary/aromatic N) is 2. The second-order valence-electron chi connectivity index (χ2n) is 5.51. The number of carbonyl (C=O) groups is 1. The van der Waals surface area contributed by atoms with E-state index in [1.807, 2.05) is 0 Å². The van der Waals surface area contributed by atoms with Gasteiger partial charge in [0.25, 0.3) is 0 Å². The van der Waals surface area contributed by atoms with Crippen LogP contribution in [-0.2, 0) is 15.7 Å². The molecule has 1 saturated heterocycles. The Morgan fingerprint density at radius 2 is 1.91 bits per heavy atom. The highest BCUT2D eigenvalue weighted by Gasteiger charge is 2.41. The largest absolute Gasteiger partial charge is 0.471 e. The van der Waals surface area contributed by atoms with Crippen molar-refractivity contribution in [1.29, 1.82) is 0 Å². The molecule has 1 aromatic carbocycles. The topological polar surface area (TPSA) is 77.3 Å². The fourth-order valence-corrected chi connectivity index (χ4v) is 1.98. The van der Waals surface area contributed by atoms with E-state index in [-0.39, 0.29) is 11.7 Å². The van der Waals surface area contributed by atoms with Gasteiger partial charge in [0.05, 0.1) is 18.6 Å². The quantitative estimate of drug-likeness (QED) is 0.938. The Hall–Kier alpha value is -2.42. The van der Waals surface area contributed by atoms with Crippen LogP contribution in [0.15, 0.2) is 28.8 Å². The van der Waals surface area contributed by atoms with E-state index >= 15 is 0 Å². The summed E-state index contributed by atoms with van der Waals surface area (Å²) in [6, 6.07) is 6.11. The zero-order chi connectivity index (χ0) is 16.7. The van der Waals surface area contributed by atoms with Gasteiger partial charge in [-0.15, -0.1) is 0 Å². The van der Waals surface area contributed by atoms with Crippen molar-refractivity contribution in [2.24, 2.45) is 5.41 Å². The first-order valence-corrected chi connectivity index (χ1v) is 6.68. The Labute approximate surface area is 128 Å². The van der Waals surface area contributed by atoms with E-state index in [9.17, 15) is 18.0 Å². The standard InChI is InChI=1S/C14H12F3N3O3/c1-13(6-22-7-13)11(21)18-9-4-2-8(3-5-9)10-19-12(23-20-10)14(15,16)17/h2-5H,6-7H2,1H3,(H,18,21). The summed E-state index contributed by atoms with van der Waals surface area (Å²) < 4.78 is 46.5. The Kier molecular flexibility index (Phi) is 3.59. The van der Waals surface area contributed by atoms with Gasteiger partial charge in [0.15, 0.2) is 0 Å². The van der Waals surface area contributed by atoms with Gasteiger partial charge in [-0.2, -0.15) is 18.2 Å². The fraction of sp³-hybridized carbons (Fsp3) is 0.357. The van der Waals surface area contributed by atoms with E-state index in [0.29, 0.717) is 24.5 Å². The molecule has 1 aliphatic heterocycles. The van der Waals surface area contributed by atoms with Crippen molar-refractivity contribution in [3.8, 4) is 11.4 Å². The second-order valence-corrected chi connectivity index (χ2v) is 5.51. The molecule has 1 aromatic heterocycles. The van der Waals surface area contributed by atoms with Crippen LogP contribution in [0.2, 0.25) is 0 Å². The van der Waals surface area contributed by atoms with E-state index in [0.717, 1.165) is 0 Å². The predicted octanol–water partition coefficient (Wildman–Crippen LogP) is 2.73. The number of alkyl halides is 3. The van der Waals surface area contributed by atoms with Gasteiger partial charge in [-0.1, -0.05) is 5.16 Å². The molecule has 0 aliphatic carbocycles. The minimum Gasteiger partial charge on any atom is -0.379 e. The zero-order valence-electron chi connectivity index (χ0n) is 12.0. The highest BCUT2D eigenvalue weighted by molar-refractivity contribution is 5.95. The maximum atomic E-state index is 12.4. The molecule has 0 bridgehead atoms. The van der Waals surface area contributed by atoms with E-state index in [2.05, 4.69) is 20.0 Å². The molecule has 2 aromatic rings. The number of halogens is 3. The Morgan fingerprint density at radius 1 is 1.26 bits per heavy atom. The van der Waals surface area contributed by atoms with Crippen molar-refractivity contribution < 1.29 is 27.2 Å². The number of carbonyl (C=O) groups excluding carboxylic acids is 1. The van der Waals surface area contributed by atoms with Crippen LogP contribution in [-0.4, -0.2) is 29.3 Å². The summed E-state index contributed by atoms with van der Waals surface area (Å²) in [5.41, 5.74) is 0.320. The zero-order valence-corrected chi connectivity index (χ0v) is 12.0. The summed E-state index contributed by atoms with van der Waals surface area (Å²) >= 11 is 0. The second kappa shape index (κ2) is 5.34. The van der Waals surface area contributed by atoms with Crippen LogP contribution >= 0.6 is 0 Å². The number of hydrogen-bond donors (Lipinski definition) is 1. The lowest BCUT2D eigenvalue weighted by atomic mass is 9.87. The third-order valence-electron chi connectivity index (χ3n) is 3.46. The molecule has 1 aliphatic rings. The van der Waals surface area contributed by atoms with Crippen LogP contribution < -0.4 is 5.32 Å². The summed E-state index contributed by atoms with van der Waals surface area (Å²) in [4.78, 5) is 15.3. The Morgan fingerprint density at radius 3 is 2.39 bits per heavy atom. The maximum Gasteiger partial charge on any atom is 0.471 e. The number of anilines is 1. The Bertz CT molecular complexity index is 721. The predicted molar refractivity (Wildman–Crippen MR) is 72.3 cm³/mol. The summed E-state index contributed by atoms with van der Waals surface area (Å²) in [6.07, 6.45) is -4.68. The molecule has 1 amide bonds. The maximum absolute atomic E-state index is 12.4. The molecule has 1 fully saturated rings. The number of nitrogens with one attached hydrogen (secondary N) is 1. The molecule has 122 valence electrons. The van der Waals surface area contributed by atoms with Gasteiger partial charge in [-0.3, -0.25) is 4.79 Å². The molecule has 6 nitrogen and oxygen atoms in total. The number of ether oxygens (including phenoxy) is 1. The molecule has 23 heavy (non-hydrogen) atoms. The molecule has 0 radical (unpaired) electrons. The summed E-state index contributed by atoms with van der Waals surface area (Å²) in [5, 5.41) is 6.02. The lowest BCUT2D eigenvalue weighted by Gasteiger charge is -2.36. The monoisotopic (exact) mass is 327 g/mol. The minimum atomic E-state index is -4.68. The normalized spacial score (nSPS) is 16.7. The molecule has 0 atom stereocenters. The first-order valence-electron chi connectivity index (χ1n) is 6.68. The van der Waals surface area contributed by atoms with Gasteiger partial charge in [0, 0.05) is 11.3 Å². The first kappa shape index (κ1) is 15.5. The molecule has 0 saturated carbocycles. The first-order chi connectivity index (χ1) is 10.8. The van der Waals surface area contributed by atoms with Gasteiger partial charge >= 0.3 is 12.1 Å². The van der Waals surface area contributed by atoms with Crippen molar-refractivity contribution in [2.45, 2.75) is 13.1 Å². The van der Waals surface area contributed by atoms with Crippen molar-refractivity contribution in [3.63, 3.8) is 0 Å². The highest BCUT2D eigenvalue weighted by Crippen LogP contribution is 2.30. The smallest absolute Gasteiger partial charge is 0.379 e. The van der Waals surface area contributed by atoms with Crippen LogP contribution in [0, 0.1) is 5.41 Å². The summed E-state index contributed by atoms with van der Waals surface area (Å²) in [6.45, 7) is 2.51. The van der Waals surface area contributed by atoms with Gasteiger partial charge in [-0.05, 0) is 31.2 Å². The third-order valence-corrected chi connectivity index (χ3v) is 3.46. The number of benzene rings is 1. The summed E-state index contributed by atoms with van der Waals surface area (Å²) in [7, 11) is 0. The summed E-state index contributed by atoms with van der Waals surface area (Å²) in [5.74, 6) is -1.74. The Balaban J connectivity index is 1.72. The lowest BCUT2D eigenvalue weighted by molar-refractivity contribution is -0.159. The highest BCUT2D eigenvalue weighted by atomic mass is 19.4. The lowest BCUT2D eigenvalue weighted by Crippen LogP contribution is -2.49. The molecular weight excluding hydrogens is 315 g/mol. The third kappa shape index (κ3) is 3.04. The van der Waals surface area contributed by atoms with E-state index < -0.39 is 17.5 Å². The fourth-order valence-electron chi connectivity index (χ4n) is 1.98. The van der Waals surface area contributed by atoms with E-state index in [1.54, 1.807) is 19.1 Å². The molecule has 1 N–H and O–H groups in total. The van der Waals surface area contributed by atoms with Gasteiger partial charge in [-0.25, -0.2) is 0 Å². The van der Waals surface area contributed by atoms with Gasteiger partial charge in [0.2, 0.25) is 11.7 Å². The molecule has 0 spiro atoms. The average Bonchev–Trinajstić information content (AvgIpc) is 2.95. The minimum absolute atomic E-state index is 0.171. The van der Waals surface area contributed by atoms with Gasteiger partial charge < -0.3 is 14.6 Å². The number of hydrogen-bond acceptors (Lipinski definition) is 5. The number of amides is 1. The van der Waals surface area contributed by atoms with Crippen LogP contribution in [0.1, 0.15) is 12.8 Å². The molecular formula is C14H12F3N3O3. The molecule has 2 heterocycles. The van der Waals surface area contributed by atoms with Crippen LogP contribution in [0.5, 0.6) is 0 Å². The van der Waals surface area contributed by atoms with Gasteiger partial charge in [0.1, 0.15) is 0 Å². The average molecular weight is 327 g/mol. The van der Waals surface area contributed by atoms with Crippen LogP contribution in [0.4, 0.5) is 18.9 Å². The molecule has 9 heteroatoms. The number of rotatable bonds is 3. The van der Waals surface area contributed by atoms with Crippen molar-refractivity contribution >= 4 is 11.6 Å². The van der Waals surface area contributed by atoms with Crippen molar-refractivity contribution in [1.82, 2.24) is 10.1 Å². The number of aromatic nitrogens is 2. The van der Waals surface area contributed by atoms with Crippen molar-refractivity contribution in [3.05, 3.63) is 30.2 Å². The van der Waals surface area contributed by atoms with Crippen LogP contribution in [0.3, 0.4) is 0 Å². The SMILES string of the molecule is CC1(C(=O)Nc2ccc(-c3noc(C(F)(F)F)n3)cc2)COC1.